The molecule has 0 rings (SSSR count). The van der Waals surface area contributed by atoms with E-state index in [1.165, 1.54) is 64.2 Å². The van der Waals surface area contributed by atoms with E-state index in [0.29, 0.717) is 5.92 Å². The molecule has 0 saturated carbocycles. The van der Waals surface area contributed by atoms with Crippen LogP contribution in [0.25, 0.3) is 0 Å². The van der Waals surface area contributed by atoms with Gasteiger partial charge in [0.15, 0.2) is 0 Å². The third kappa shape index (κ3) is 25.2. The number of hydrogen-bond acceptors (Lipinski definition) is 4. The number of nitrogens with two attached hydrogens (primary N) is 4. The minimum absolute atomic E-state index is 0.651. The molecule has 8 N–H and O–H groups in total. The minimum atomic E-state index is 0.651. The number of hydrogen-bond donors (Lipinski definition) is 4. The summed E-state index contributed by atoms with van der Waals surface area (Å²) in [5.41, 5.74) is 21.5. The Balaban J connectivity index is 0. The van der Waals surface area contributed by atoms with Crippen molar-refractivity contribution in [3.8, 4) is 0 Å². The van der Waals surface area contributed by atoms with Gasteiger partial charge in [0, 0.05) is 0 Å². The summed E-state index contributed by atoms with van der Waals surface area (Å²) in [5, 5.41) is 0. The zero-order chi connectivity index (χ0) is 16.2. The first-order chi connectivity index (χ1) is 10.2. The highest BCUT2D eigenvalue weighted by atomic mass is 14.5. The number of rotatable bonds is 14. The second kappa shape index (κ2) is 22.1. The maximum atomic E-state index is 5.41. The van der Waals surface area contributed by atoms with Gasteiger partial charge in [-0.25, -0.2) is 0 Å². The van der Waals surface area contributed by atoms with Crippen molar-refractivity contribution in [2.75, 3.05) is 26.2 Å². The summed E-state index contributed by atoms with van der Waals surface area (Å²) in [5.74, 6) is 0.651. The molecule has 0 radical (unpaired) electrons. The normalized spacial score (nSPS) is 11.9. The molecule has 21 heavy (non-hydrogen) atoms. The van der Waals surface area contributed by atoms with Gasteiger partial charge >= 0.3 is 0 Å². The third-order valence-electron chi connectivity index (χ3n) is 3.71. The molecule has 0 aromatic rings. The van der Waals surface area contributed by atoms with E-state index < -0.39 is 0 Å². The van der Waals surface area contributed by atoms with Gasteiger partial charge in [0.2, 0.25) is 0 Å². The number of unbranched alkanes of at least 4 members (excludes halogenated alkanes) is 8. The lowest BCUT2D eigenvalue weighted by molar-refractivity contribution is 0.525. The fraction of sp³-hybridized carbons (Fsp3) is 1.00. The first-order valence-electron chi connectivity index (χ1n) is 9.03. The van der Waals surface area contributed by atoms with E-state index in [1.807, 2.05) is 0 Å². The lowest BCUT2D eigenvalue weighted by Gasteiger charge is -2.04. The topological polar surface area (TPSA) is 104 Å². The van der Waals surface area contributed by atoms with Crippen LogP contribution >= 0.6 is 0 Å². The Morgan fingerprint density at radius 3 is 1.14 bits per heavy atom. The average molecular weight is 303 g/mol. The first kappa shape index (κ1) is 23.1. The molecule has 4 nitrogen and oxygen atoms in total. The van der Waals surface area contributed by atoms with Crippen molar-refractivity contribution in [1.29, 1.82) is 0 Å². The molecule has 0 aliphatic rings. The van der Waals surface area contributed by atoms with E-state index in [2.05, 4.69) is 6.92 Å². The van der Waals surface area contributed by atoms with Crippen LogP contribution in [0, 0.1) is 5.92 Å². The van der Waals surface area contributed by atoms with Crippen LogP contribution in [-0.2, 0) is 0 Å². The Bertz CT molecular complexity index is 155. The molecule has 0 amide bonds. The molecule has 0 aromatic carbocycles. The van der Waals surface area contributed by atoms with Crippen LogP contribution in [0.1, 0.15) is 77.6 Å². The van der Waals surface area contributed by atoms with Crippen LogP contribution in [-0.4, -0.2) is 26.2 Å². The van der Waals surface area contributed by atoms with Crippen molar-refractivity contribution in [2.24, 2.45) is 28.9 Å². The summed E-state index contributed by atoms with van der Waals surface area (Å²) >= 11 is 0. The molecule has 4 heteroatoms. The van der Waals surface area contributed by atoms with Gasteiger partial charge in [-0.1, -0.05) is 51.9 Å². The van der Waals surface area contributed by atoms with Crippen molar-refractivity contribution in [3.05, 3.63) is 0 Å². The van der Waals surface area contributed by atoms with Crippen LogP contribution in [0.15, 0.2) is 0 Å². The first-order valence-corrected chi connectivity index (χ1v) is 9.03. The van der Waals surface area contributed by atoms with Crippen LogP contribution in [0.4, 0.5) is 0 Å². The zero-order valence-electron chi connectivity index (χ0n) is 14.5. The van der Waals surface area contributed by atoms with Crippen LogP contribution in [0.3, 0.4) is 0 Å². The average Bonchev–Trinajstić information content (AvgIpc) is 2.51. The fourth-order valence-corrected chi connectivity index (χ4v) is 2.11. The van der Waals surface area contributed by atoms with Gasteiger partial charge in [-0.2, -0.15) is 0 Å². The maximum Gasteiger partial charge on any atom is -0.00515 e. The maximum absolute atomic E-state index is 5.41. The Kier molecular flexibility index (Phi) is 24.4. The van der Waals surface area contributed by atoms with Gasteiger partial charge in [0.05, 0.1) is 0 Å². The van der Waals surface area contributed by atoms with Gasteiger partial charge in [-0.05, 0) is 57.8 Å². The molecule has 0 saturated heterocycles. The molecule has 0 aliphatic carbocycles. The second-order valence-electron chi connectivity index (χ2n) is 6.03. The third-order valence-corrected chi connectivity index (χ3v) is 3.71. The predicted octanol–water partition coefficient (Wildman–Crippen LogP) is 2.73. The van der Waals surface area contributed by atoms with Crippen molar-refractivity contribution in [1.82, 2.24) is 0 Å². The largest absolute Gasteiger partial charge is 0.330 e. The van der Waals surface area contributed by atoms with Crippen molar-refractivity contribution in [2.45, 2.75) is 77.6 Å². The molecular formula is C17H42N4. The predicted molar refractivity (Wildman–Crippen MR) is 96.2 cm³/mol. The van der Waals surface area contributed by atoms with Crippen molar-refractivity contribution >= 4 is 0 Å². The van der Waals surface area contributed by atoms with E-state index in [-0.39, 0.29) is 0 Å². The summed E-state index contributed by atoms with van der Waals surface area (Å²) in [6.45, 7) is 5.45. The van der Waals surface area contributed by atoms with Gasteiger partial charge in [-0.3, -0.25) is 0 Å². The van der Waals surface area contributed by atoms with Crippen LogP contribution in [0.2, 0.25) is 0 Å². The highest BCUT2D eigenvalue weighted by Gasteiger charge is 1.95. The van der Waals surface area contributed by atoms with Gasteiger partial charge in [0.1, 0.15) is 0 Å². The van der Waals surface area contributed by atoms with Crippen molar-refractivity contribution in [3.63, 3.8) is 0 Å². The smallest absolute Gasteiger partial charge is 0.00515 e. The van der Waals surface area contributed by atoms with Gasteiger partial charge in [0.25, 0.3) is 0 Å². The van der Waals surface area contributed by atoms with Crippen LogP contribution < -0.4 is 22.9 Å². The highest BCUT2D eigenvalue weighted by Crippen LogP contribution is 2.08. The van der Waals surface area contributed by atoms with E-state index >= 15 is 0 Å². The minimum Gasteiger partial charge on any atom is -0.330 e. The SMILES string of the molecule is CC(CN)CCCN.NCCCCCCCCCCCN. The molecule has 0 aliphatic heterocycles. The molecule has 0 aromatic heterocycles. The van der Waals surface area contributed by atoms with Gasteiger partial charge in [-0.15, -0.1) is 0 Å². The summed E-state index contributed by atoms with van der Waals surface area (Å²) in [6.07, 6.45) is 14.2. The lowest BCUT2D eigenvalue weighted by atomic mass is 10.1. The summed E-state index contributed by atoms with van der Waals surface area (Å²) < 4.78 is 0. The monoisotopic (exact) mass is 302 g/mol. The van der Waals surface area contributed by atoms with Crippen molar-refractivity contribution < 1.29 is 0 Å². The van der Waals surface area contributed by atoms with E-state index in [0.717, 1.165) is 32.6 Å². The second-order valence-corrected chi connectivity index (χ2v) is 6.03. The Hall–Kier alpha value is -0.160. The molecule has 0 heterocycles. The van der Waals surface area contributed by atoms with E-state index in [4.69, 9.17) is 22.9 Å². The fourth-order valence-electron chi connectivity index (χ4n) is 2.11. The standard InChI is InChI=1S/C11H26N2.C6H16N2/c12-10-8-6-4-2-1-3-5-7-9-11-13;1-6(5-8)3-2-4-7/h1-13H2;6H,2-5,7-8H2,1H3. The Labute approximate surface area is 133 Å². The Morgan fingerprint density at radius 2 is 0.857 bits per heavy atom. The zero-order valence-corrected chi connectivity index (χ0v) is 14.5. The molecule has 1 atom stereocenters. The summed E-state index contributed by atoms with van der Waals surface area (Å²) in [6, 6.07) is 0. The van der Waals surface area contributed by atoms with Crippen LogP contribution in [0.5, 0.6) is 0 Å². The molecule has 1 unspecified atom stereocenters. The Morgan fingerprint density at radius 1 is 0.524 bits per heavy atom. The van der Waals surface area contributed by atoms with E-state index in [1.54, 1.807) is 0 Å². The molecule has 0 fully saturated rings. The molecule has 130 valence electrons. The molecule has 0 bridgehead atoms. The molecular weight excluding hydrogens is 260 g/mol. The van der Waals surface area contributed by atoms with Gasteiger partial charge < -0.3 is 22.9 Å². The highest BCUT2D eigenvalue weighted by molar-refractivity contribution is 4.52. The lowest BCUT2D eigenvalue weighted by Crippen LogP contribution is -2.12. The quantitative estimate of drug-likeness (QED) is 0.370. The summed E-state index contributed by atoms with van der Waals surface area (Å²) in [7, 11) is 0. The van der Waals surface area contributed by atoms with E-state index in [9.17, 15) is 0 Å². The summed E-state index contributed by atoms with van der Waals surface area (Å²) in [4.78, 5) is 0. The molecule has 0 spiro atoms.